The number of hydrogen-bond donors (Lipinski definition) is 1. The van der Waals surface area contributed by atoms with Crippen LogP contribution in [-0.2, 0) is 21.9 Å². The van der Waals surface area contributed by atoms with Crippen LogP contribution in [0.3, 0.4) is 0 Å². The molecule has 30 heavy (non-hydrogen) atoms. The van der Waals surface area contributed by atoms with Crippen LogP contribution in [-0.4, -0.2) is 35.1 Å². The third-order valence-corrected chi connectivity index (χ3v) is 5.80. The minimum atomic E-state index is -0.534. The van der Waals surface area contributed by atoms with Crippen molar-refractivity contribution >= 4 is 23.6 Å². The molecule has 0 saturated heterocycles. The number of rotatable bonds is 12. The fraction of sp³-hybridized carbons (Fsp3) is 0.417. The average Bonchev–Trinajstić information content (AvgIpc) is 2.77. The first-order valence-electron chi connectivity index (χ1n) is 10.5. The molecule has 1 atom stereocenters. The van der Waals surface area contributed by atoms with Crippen molar-refractivity contribution < 1.29 is 14.0 Å². The molecule has 2 rings (SSSR count). The van der Waals surface area contributed by atoms with E-state index in [1.165, 1.54) is 17.7 Å². The lowest BCUT2D eigenvalue weighted by molar-refractivity contribution is -0.141. The van der Waals surface area contributed by atoms with Crippen LogP contribution in [0.2, 0.25) is 0 Å². The molecule has 2 amide bonds. The van der Waals surface area contributed by atoms with Crippen molar-refractivity contribution in [3.63, 3.8) is 0 Å². The molecule has 0 saturated carbocycles. The fourth-order valence-electron chi connectivity index (χ4n) is 3.14. The molecular formula is C24H31FN2O2S. The van der Waals surface area contributed by atoms with Crippen LogP contribution in [0.15, 0.2) is 54.6 Å². The minimum absolute atomic E-state index is 0.0571. The van der Waals surface area contributed by atoms with Crippen molar-refractivity contribution in [2.45, 2.75) is 51.4 Å². The maximum Gasteiger partial charge on any atom is 0.242 e. The summed E-state index contributed by atoms with van der Waals surface area (Å²) in [5.41, 5.74) is 2.03. The fourth-order valence-corrected chi connectivity index (χ4v) is 4.03. The zero-order chi connectivity index (χ0) is 21.8. The molecule has 0 aliphatic heterocycles. The predicted molar refractivity (Wildman–Crippen MR) is 122 cm³/mol. The van der Waals surface area contributed by atoms with E-state index >= 15 is 0 Å². The van der Waals surface area contributed by atoms with Gasteiger partial charge in [-0.3, -0.25) is 9.59 Å². The second kappa shape index (κ2) is 13.1. The van der Waals surface area contributed by atoms with E-state index in [1.54, 1.807) is 28.8 Å². The lowest BCUT2D eigenvalue weighted by Gasteiger charge is -2.30. The number of nitrogens with zero attached hydrogens (tertiary/aromatic N) is 1. The standard InChI is InChI=1S/C24H31FN2O2S/c1-3-15-26-24(29)22(4-2)27(17-19-10-12-21(25)13-11-19)23(28)14-16-30-18-20-8-6-5-7-9-20/h5-13,22H,3-4,14-18H2,1-2H3,(H,26,29). The van der Waals surface area contributed by atoms with Gasteiger partial charge in [-0.05, 0) is 36.1 Å². The molecule has 0 aliphatic rings. The van der Waals surface area contributed by atoms with Crippen LogP contribution >= 0.6 is 11.8 Å². The number of carbonyl (C=O) groups excluding carboxylic acids is 2. The Kier molecular flexibility index (Phi) is 10.4. The summed E-state index contributed by atoms with van der Waals surface area (Å²) in [6, 6.07) is 15.7. The number of benzene rings is 2. The molecular weight excluding hydrogens is 399 g/mol. The molecule has 4 nitrogen and oxygen atoms in total. The Morgan fingerprint density at radius 3 is 2.37 bits per heavy atom. The lowest BCUT2D eigenvalue weighted by Crippen LogP contribution is -2.49. The van der Waals surface area contributed by atoms with E-state index in [1.807, 2.05) is 32.0 Å². The molecule has 0 radical (unpaired) electrons. The van der Waals surface area contributed by atoms with Gasteiger partial charge in [-0.25, -0.2) is 4.39 Å². The summed E-state index contributed by atoms with van der Waals surface area (Å²) >= 11 is 1.70. The molecule has 0 aliphatic carbocycles. The topological polar surface area (TPSA) is 49.4 Å². The number of halogens is 1. The Morgan fingerprint density at radius 1 is 1.03 bits per heavy atom. The summed E-state index contributed by atoms with van der Waals surface area (Å²) in [6.45, 7) is 4.78. The van der Waals surface area contributed by atoms with Crippen molar-refractivity contribution in [2.24, 2.45) is 0 Å². The van der Waals surface area contributed by atoms with Gasteiger partial charge in [-0.1, -0.05) is 56.3 Å². The summed E-state index contributed by atoms with van der Waals surface area (Å²) in [6.07, 6.45) is 1.72. The Bertz CT molecular complexity index is 784. The van der Waals surface area contributed by atoms with Crippen LogP contribution in [0.5, 0.6) is 0 Å². The Balaban J connectivity index is 2.03. The van der Waals surface area contributed by atoms with Gasteiger partial charge in [-0.2, -0.15) is 11.8 Å². The smallest absolute Gasteiger partial charge is 0.242 e. The number of carbonyl (C=O) groups is 2. The van der Waals surface area contributed by atoms with Gasteiger partial charge in [-0.15, -0.1) is 0 Å². The molecule has 2 aromatic carbocycles. The van der Waals surface area contributed by atoms with Gasteiger partial charge in [0.2, 0.25) is 11.8 Å². The van der Waals surface area contributed by atoms with Crippen molar-refractivity contribution in [3.8, 4) is 0 Å². The summed E-state index contributed by atoms with van der Waals surface area (Å²) < 4.78 is 13.3. The summed E-state index contributed by atoms with van der Waals surface area (Å²) in [5.74, 6) is 1.02. The number of thioether (sulfide) groups is 1. The molecule has 1 unspecified atom stereocenters. The van der Waals surface area contributed by atoms with E-state index < -0.39 is 6.04 Å². The van der Waals surface area contributed by atoms with E-state index in [0.717, 1.165) is 17.7 Å². The summed E-state index contributed by atoms with van der Waals surface area (Å²) in [5, 5.41) is 2.90. The Hall–Kier alpha value is -2.34. The van der Waals surface area contributed by atoms with Crippen LogP contribution in [0.1, 0.15) is 44.2 Å². The van der Waals surface area contributed by atoms with Crippen LogP contribution in [0.4, 0.5) is 4.39 Å². The van der Waals surface area contributed by atoms with Crippen LogP contribution in [0.25, 0.3) is 0 Å². The normalized spacial score (nSPS) is 11.7. The predicted octanol–water partition coefficient (Wildman–Crippen LogP) is 4.78. The third-order valence-electron chi connectivity index (χ3n) is 4.77. The first-order valence-corrected chi connectivity index (χ1v) is 11.6. The lowest BCUT2D eigenvalue weighted by atomic mass is 10.1. The Labute approximate surface area is 183 Å². The molecule has 0 bridgehead atoms. The molecule has 0 aromatic heterocycles. The molecule has 0 spiro atoms. The van der Waals surface area contributed by atoms with Gasteiger partial charge in [0.05, 0.1) is 0 Å². The Morgan fingerprint density at radius 2 is 1.73 bits per heavy atom. The van der Waals surface area contributed by atoms with Crippen molar-refractivity contribution in [3.05, 3.63) is 71.5 Å². The van der Waals surface area contributed by atoms with Gasteiger partial charge >= 0.3 is 0 Å². The van der Waals surface area contributed by atoms with Crippen LogP contribution in [0, 0.1) is 5.82 Å². The maximum absolute atomic E-state index is 13.3. The van der Waals surface area contributed by atoms with E-state index in [9.17, 15) is 14.0 Å². The van der Waals surface area contributed by atoms with Crippen LogP contribution < -0.4 is 5.32 Å². The quantitative estimate of drug-likeness (QED) is 0.493. The van der Waals surface area contributed by atoms with E-state index in [0.29, 0.717) is 31.7 Å². The van der Waals surface area contributed by atoms with Gasteiger partial charge in [0.25, 0.3) is 0 Å². The van der Waals surface area contributed by atoms with Gasteiger partial charge in [0.1, 0.15) is 11.9 Å². The first kappa shape index (κ1) is 23.9. The van der Waals surface area contributed by atoms with Gasteiger partial charge in [0, 0.05) is 31.0 Å². The largest absolute Gasteiger partial charge is 0.354 e. The van der Waals surface area contributed by atoms with Gasteiger partial charge in [0.15, 0.2) is 0 Å². The zero-order valence-corrected chi connectivity index (χ0v) is 18.6. The van der Waals surface area contributed by atoms with Crippen molar-refractivity contribution in [1.29, 1.82) is 0 Å². The number of amides is 2. The summed E-state index contributed by atoms with van der Waals surface area (Å²) in [4.78, 5) is 27.4. The first-order chi connectivity index (χ1) is 14.5. The summed E-state index contributed by atoms with van der Waals surface area (Å²) in [7, 11) is 0. The highest BCUT2D eigenvalue weighted by Gasteiger charge is 2.28. The van der Waals surface area contributed by atoms with Crippen molar-refractivity contribution in [2.75, 3.05) is 12.3 Å². The highest BCUT2D eigenvalue weighted by Crippen LogP contribution is 2.17. The third kappa shape index (κ3) is 7.82. The molecule has 6 heteroatoms. The number of hydrogen-bond acceptors (Lipinski definition) is 3. The minimum Gasteiger partial charge on any atom is -0.354 e. The monoisotopic (exact) mass is 430 g/mol. The molecule has 0 fully saturated rings. The number of nitrogens with one attached hydrogen (secondary N) is 1. The van der Waals surface area contributed by atoms with E-state index in [-0.39, 0.29) is 17.6 Å². The van der Waals surface area contributed by atoms with Crippen molar-refractivity contribution in [1.82, 2.24) is 10.2 Å². The zero-order valence-electron chi connectivity index (χ0n) is 17.8. The molecule has 2 aromatic rings. The van der Waals surface area contributed by atoms with Gasteiger partial charge < -0.3 is 10.2 Å². The second-order valence-corrected chi connectivity index (χ2v) is 8.26. The van der Waals surface area contributed by atoms with E-state index in [2.05, 4.69) is 17.4 Å². The SMILES string of the molecule is CCCNC(=O)C(CC)N(Cc1ccc(F)cc1)C(=O)CCSCc1ccccc1. The molecule has 1 N–H and O–H groups in total. The van der Waals surface area contributed by atoms with E-state index in [4.69, 9.17) is 0 Å². The average molecular weight is 431 g/mol. The second-order valence-electron chi connectivity index (χ2n) is 7.15. The maximum atomic E-state index is 13.3. The molecule has 162 valence electrons. The highest BCUT2D eigenvalue weighted by molar-refractivity contribution is 7.98. The highest BCUT2D eigenvalue weighted by atomic mass is 32.2. The molecule has 0 heterocycles.